The maximum atomic E-state index is 13.8. The molecule has 0 spiro atoms. The molecule has 0 aliphatic heterocycles. The van der Waals surface area contributed by atoms with Gasteiger partial charge in [-0.25, -0.2) is 4.39 Å². The minimum atomic E-state index is -0.338. The van der Waals surface area contributed by atoms with Gasteiger partial charge in [0.1, 0.15) is 5.75 Å². The van der Waals surface area contributed by atoms with Crippen LogP contribution in [0.1, 0.15) is 30.0 Å². The van der Waals surface area contributed by atoms with Crippen molar-refractivity contribution in [2.75, 3.05) is 6.54 Å². The number of hydrogen-bond donors (Lipinski definition) is 1. The lowest BCUT2D eigenvalue weighted by molar-refractivity contribution is 0.438. The van der Waals surface area contributed by atoms with Crippen LogP contribution in [-0.2, 0) is 6.54 Å². The van der Waals surface area contributed by atoms with Crippen LogP contribution >= 0.6 is 0 Å². The third kappa shape index (κ3) is 4.30. The Morgan fingerprint density at radius 1 is 1.05 bits per heavy atom. The summed E-state index contributed by atoms with van der Waals surface area (Å²) in [6, 6.07) is 10.9. The summed E-state index contributed by atoms with van der Waals surface area (Å²) in [6.45, 7) is 7.80. The van der Waals surface area contributed by atoms with Gasteiger partial charge in [-0.15, -0.1) is 0 Å². The zero-order valence-electron chi connectivity index (χ0n) is 12.9. The van der Waals surface area contributed by atoms with E-state index in [4.69, 9.17) is 4.74 Å². The second-order valence-electron chi connectivity index (χ2n) is 5.31. The molecule has 21 heavy (non-hydrogen) atoms. The van der Waals surface area contributed by atoms with Crippen molar-refractivity contribution in [3.05, 3.63) is 58.9 Å². The summed E-state index contributed by atoms with van der Waals surface area (Å²) in [4.78, 5) is 0. The normalized spacial score (nSPS) is 10.7. The first-order valence-corrected chi connectivity index (χ1v) is 7.34. The first kappa shape index (κ1) is 15.5. The molecule has 0 radical (unpaired) electrons. The molecule has 0 unspecified atom stereocenters. The highest BCUT2D eigenvalue weighted by atomic mass is 19.1. The molecule has 0 fully saturated rings. The predicted octanol–water partition coefficient (Wildman–Crippen LogP) is 4.73. The monoisotopic (exact) mass is 287 g/mol. The van der Waals surface area contributed by atoms with Crippen LogP contribution < -0.4 is 10.1 Å². The zero-order valence-corrected chi connectivity index (χ0v) is 12.9. The van der Waals surface area contributed by atoms with Gasteiger partial charge in [-0.05, 0) is 61.7 Å². The van der Waals surface area contributed by atoms with Gasteiger partial charge in [-0.3, -0.25) is 0 Å². The molecule has 1 N–H and O–H groups in total. The fourth-order valence-corrected chi connectivity index (χ4v) is 2.08. The van der Waals surface area contributed by atoms with Crippen molar-refractivity contribution in [1.29, 1.82) is 0 Å². The molecule has 0 bridgehead atoms. The molecular weight excluding hydrogens is 265 g/mol. The molecule has 112 valence electrons. The molecule has 2 aromatic rings. The van der Waals surface area contributed by atoms with Crippen LogP contribution in [0.15, 0.2) is 36.4 Å². The average molecular weight is 287 g/mol. The summed E-state index contributed by atoms with van der Waals surface area (Å²) in [6.07, 6.45) is 1.10. The Labute approximate surface area is 126 Å². The Morgan fingerprint density at radius 2 is 1.86 bits per heavy atom. The number of rotatable bonds is 6. The van der Waals surface area contributed by atoms with Gasteiger partial charge in [0.25, 0.3) is 0 Å². The summed E-state index contributed by atoms with van der Waals surface area (Å²) in [7, 11) is 0. The molecule has 0 saturated carbocycles. The van der Waals surface area contributed by atoms with Gasteiger partial charge < -0.3 is 10.1 Å². The van der Waals surface area contributed by atoms with Crippen molar-refractivity contribution in [2.24, 2.45) is 0 Å². The van der Waals surface area contributed by atoms with Crippen LogP contribution in [-0.4, -0.2) is 6.54 Å². The van der Waals surface area contributed by atoms with E-state index in [1.807, 2.05) is 26.0 Å². The highest BCUT2D eigenvalue weighted by Gasteiger charge is 2.08. The first-order valence-electron chi connectivity index (χ1n) is 7.34. The Morgan fingerprint density at radius 3 is 2.62 bits per heavy atom. The van der Waals surface area contributed by atoms with Crippen molar-refractivity contribution in [3.8, 4) is 11.5 Å². The van der Waals surface area contributed by atoms with Crippen molar-refractivity contribution in [2.45, 2.75) is 33.7 Å². The smallest absolute Gasteiger partial charge is 0.165 e. The van der Waals surface area contributed by atoms with E-state index in [1.165, 1.54) is 6.07 Å². The number of hydrogen-bond acceptors (Lipinski definition) is 2. The maximum Gasteiger partial charge on any atom is 0.165 e. The van der Waals surface area contributed by atoms with Crippen LogP contribution in [0.5, 0.6) is 11.5 Å². The Bertz CT molecular complexity index is 610. The fourth-order valence-electron chi connectivity index (χ4n) is 2.08. The molecule has 3 heteroatoms. The van der Waals surface area contributed by atoms with Crippen LogP contribution in [0.4, 0.5) is 4.39 Å². The molecule has 0 amide bonds. The van der Waals surface area contributed by atoms with Gasteiger partial charge in [0.05, 0.1) is 0 Å². The van der Waals surface area contributed by atoms with Gasteiger partial charge in [-0.2, -0.15) is 0 Å². The third-order valence-electron chi connectivity index (χ3n) is 3.32. The number of benzene rings is 2. The summed E-state index contributed by atoms with van der Waals surface area (Å²) in [5.74, 6) is 0.640. The van der Waals surface area contributed by atoms with Gasteiger partial charge in [0.15, 0.2) is 11.6 Å². The highest BCUT2D eigenvalue weighted by Crippen LogP contribution is 2.28. The summed E-state index contributed by atoms with van der Waals surface area (Å²) in [5, 5.41) is 3.35. The molecule has 2 aromatic carbocycles. The quantitative estimate of drug-likeness (QED) is 0.775. The zero-order chi connectivity index (χ0) is 15.2. The summed E-state index contributed by atoms with van der Waals surface area (Å²) < 4.78 is 19.6. The fraction of sp³-hybridized carbons (Fsp3) is 0.333. The Hall–Kier alpha value is -1.87. The molecule has 2 nitrogen and oxygen atoms in total. The van der Waals surface area contributed by atoms with E-state index in [9.17, 15) is 4.39 Å². The topological polar surface area (TPSA) is 21.3 Å². The third-order valence-corrected chi connectivity index (χ3v) is 3.32. The molecule has 0 saturated heterocycles. The lowest BCUT2D eigenvalue weighted by atomic mass is 10.1. The van der Waals surface area contributed by atoms with Crippen molar-refractivity contribution >= 4 is 0 Å². The van der Waals surface area contributed by atoms with Gasteiger partial charge in [0.2, 0.25) is 0 Å². The maximum absolute atomic E-state index is 13.8. The number of aryl methyl sites for hydroxylation is 2. The molecule has 0 aliphatic rings. The molecular formula is C18H22FNO. The van der Waals surface area contributed by atoms with Gasteiger partial charge in [-0.1, -0.05) is 25.1 Å². The minimum Gasteiger partial charge on any atom is -0.454 e. The van der Waals surface area contributed by atoms with Crippen molar-refractivity contribution < 1.29 is 9.13 Å². The van der Waals surface area contributed by atoms with E-state index in [1.54, 1.807) is 12.1 Å². The number of halogens is 1. The van der Waals surface area contributed by atoms with Crippen LogP contribution in [0.2, 0.25) is 0 Å². The lowest BCUT2D eigenvalue weighted by Crippen LogP contribution is -2.13. The minimum absolute atomic E-state index is 0.275. The number of ether oxygens (including phenoxy) is 1. The van der Waals surface area contributed by atoms with E-state index >= 15 is 0 Å². The highest BCUT2D eigenvalue weighted by molar-refractivity contribution is 5.41. The van der Waals surface area contributed by atoms with E-state index in [0.717, 1.165) is 36.2 Å². The van der Waals surface area contributed by atoms with Crippen molar-refractivity contribution in [3.63, 3.8) is 0 Å². The van der Waals surface area contributed by atoms with Crippen LogP contribution in [0, 0.1) is 19.7 Å². The number of nitrogens with one attached hydrogen (secondary N) is 1. The predicted molar refractivity (Wildman–Crippen MR) is 84.4 cm³/mol. The van der Waals surface area contributed by atoms with Crippen LogP contribution in [0.25, 0.3) is 0 Å². The molecule has 0 heterocycles. The Kier molecular flexibility index (Phi) is 5.34. The standard InChI is InChI=1S/C18H22FNO/c1-4-9-20-12-15-7-6-14(3)17(11-15)21-18-10-13(2)5-8-16(18)19/h5-8,10-11,20H,4,9,12H2,1-3H3. The largest absolute Gasteiger partial charge is 0.454 e. The summed E-state index contributed by atoms with van der Waals surface area (Å²) >= 11 is 0. The molecule has 0 aromatic heterocycles. The van der Waals surface area contributed by atoms with E-state index in [0.29, 0.717) is 5.75 Å². The van der Waals surface area contributed by atoms with Crippen molar-refractivity contribution in [1.82, 2.24) is 5.32 Å². The molecule has 0 atom stereocenters. The van der Waals surface area contributed by atoms with E-state index in [-0.39, 0.29) is 11.6 Å². The van der Waals surface area contributed by atoms with Crippen LogP contribution in [0.3, 0.4) is 0 Å². The Balaban J connectivity index is 2.18. The average Bonchev–Trinajstić information content (AvgIpc) is 2.46. The molecule has 0 aliphatic carbocycles. The summed E-state index contributed by atoms with van der Waals surface area (Å²) in [5.41, 5.74) is 3.11. The second-order valence-corrected chi connectivity index (χ2v) is 5.31. The van der Waals surface area contributed by atoms with E-state index < -0.39 is 0 Å². The molecule has 2 rings (SSSR count). The SMILES string of the molecule is CCCNCc1ccc(C)c(Oc2cc(C)ccc2F)c1. The van der Waals surface area contributed by atoms with E-state index in [2.05, 4.69) is 18.3 Å². The van der Waals surface area contributed by atoms with Gasteiger partial charge >= 0.3 is 0 Å². The van der Waals surface area contributed by atoms with Gasteiger partial charge in [0, 0.05) is 6.54 Å². The first-order chi connectivity index (χ1) is 10.1. The lowest BCUT2D eigenvalue weighted by Gasteiger charge is -2.12. The second kappa shape index (κ2) is 7.23.